The molecule has 0 aromatic carbocycles. The summed E-state index contributed by atoms with van der Waals surface area (Å²) in [6.45, 7) is 0.608. The van der Waals surface area contributed by atoms with Gasteiger partial charge in [0.25, 0.3) is 0 Å². The van der Waals surface area contributed by atoms with Gasteiger partial charge in [-0.3, -0.25) is 4.98 Å². The number of nitrogens with one attached hydrogen (secondary N) is 2. The Hall–Kier alpha value is -1.99. The molecule has 0 saturated carbocycles. The summed E-state index contributed by atoms with van der Waals surface area (Å²) in [5.74, 6) is 1.18. The van der Waals surface area contributed by atoms with Crippen LogP contribution in [0.1, 0.15) is 5.69 Å². The van der Waals surface area contributed by atoms with E-state index in [1.54, 1.807) is 13.3 Å². The fourth-order valence-electron chi connectivity index (χ4n) is 1.65. The minimum Gasteiger partial charge on any atom is -0.495 e. The minimum absolute atomic E-state index is 0.271. The van der Waals surface area contributed by atoms with Gasteiger partial charge in [0.2, 0.25) is 0 Å². The summed E-state index contributed by atoms with van der Waals surface area (Å²) < 4.78 is 5.24. The first kappa shape index (κ1) is 15.4. The molecule has 2 heterocycles. The molecule has 2 rings (SSSR count). The molecular formula is C13H14ClN5OS. The molecule has 0 saturated heterocycles. The number of anilines is 1. The molecule has 21 heavy (non-hydrogen) atoms. The number of nitrogens with zero attached hydrogens (tertiary/aromatic N) is 3. The van der Waals surface area contributed by atoms with Crippen molar-refractivity contribution in [2.45, 2.75) is 6.42 Å². The molecule has 0 atom stereocenters. The van der Waals surface area contributed by atoms with Gasteiger partial charge in [-0.1, -0.05) is 11.6 Å². The highest BCUT2D eigenvalue weighted by Crippen LogP contribution is 2.15. The van der Waals surface area contributed by atoms with Gasteiger partial charge in [-0.2, -0.15) is 0 Å². The van der Waals surface area contributed by atoms with Crippen molar-refractivity contribution in [3.63, 3.8) is 0 Å². The number of pyridine rings is 1. The smallest absolute Gasteiger partial charge is 0.172 e. The lowest BCUT2D eigenvalue weighted by Gasteiger charge is -2.11. The van der Waals surface area contributed by atoms with Crippen molar-refractivity contribution in [3.05, 3.63) is 41.6 Å². The Labute approximate surface area is 132 Å². The molecule has 2 N–H and O–H groups in total. The Bertz CT molecular complexity index is 625. The van der Waals surface area contributed by atoms with Gasteiger partial charge in [-0.05, 0) is 24.4 Å². The summed E-state index contributed by atoms with van der Waals surface area (Å²) in [6, 6.07) is 3.70. The predicted molar refractivity (Wildman–Crippen MR) is 85.8 cm³/mol. The predicted octanol–water partition coefficient (Wildman–Crippen LogP) is 2.06. The van der Waals surface area contributed by atoms with Gasteiger partial charge in [0.1, 0.15) is 5.75 Å². The Kier molecular flexibility index (Phi) is 5.65. The van der Waals surface area contributed by atoms with Crippen LogP contribution < -0.4 is 15.4 Å². The molecule has 8 heteroatoms. The SMILES string of the molecule is COc1cccnc1CCNC(=S)Nc1nccnc1Cl. The topological polar surface area (TPSA) is 72.0 Å². The monoisotopic (exact) mass is 323 g/mol. The first-order chi connectivity index (χ1) is 10.2. The molecule has 0 spiro atoms. The third-order valence-electron chi connectivity index (χ3n) is 2.60. The van der Waals surface area contributed by atoms with E-state index >= 15 is 0 Å². The summed E-state index contributed by atoms with van der Waals surface area (Å²) in [7, 11) is 1.62. The number of ether oxygens (including phenoxy) is 1. The van der Waals surface area contributed by atoms with Gasteiger partial charge in [-0.25, -0.2) is 9.97 Å². The fraction of sp³-hybridized carbons (Fsp3) is 0.231. The van der Waals surface area contributed by atoms with E-state index < -0.39 is 0 Å². The molecule has 6 nitrogen and oxygen atoms in total. The van der Waals surface area contributed by atoms with Gasteiger partial charge in [0.15, 0.2) is 16.1 Å². The molecule has 0 aliphatic carbocycles. The lowest BCUT2D eigenvalue weighted by Crippen LogP contribution is -2.30. The van der Waals surface area contributed by atoms with Gasteiger partial charge in [0.05, 0.1) is 12.8 Å². The third-order valence-corrected chi connectivity index (χ3v) is 3.12. The highest BCUT2D eigenvalue weighted by molar-refractivity contribution is 7.80. The Morgan fingerprint density at radius 3 is 2.86 bits per heavy atom. The maximum Gasteiger partial charge on any atom is 0.172 e. The van der Waals surface area contributed by atoms with E-state index in [0.29, 0.717) is 23.9 Å². The first-order valence-electron chi connectivity index (χ1n) is 6.20. The van der Waals surface area contributed by atoms with Crippen molar-refractivity contribution in [1.82, 2.24) is 20.3 Å². The fourth-order valence-corrected chi connectivity index (χ4v) is 2.00. The van der Waals surface area contributed by atoms with Crippen molar-refractivity contribution >= 4 is 34.7 Å². The van der Waals surface area contributed by atoms with Crippen LogP contribution in [-0.4, -0.2) is 33.7 Å². The summed E-state index contributed by atoms with van der Waals surface area (Å²) in [5.41, 5.74) is 0.868. The quantitative estimate of drug-likeness (QED) is 0.816. The molecule has 2 aromatic heterocycles. The number of methoxy groups -OCH3 is 1. The second-order valence-electron chi connectivity index (χ2n) is 3.98. The van der Waals surface area contributed by atoms with Gasteiger partial charge < -0.3 is 15.4 Å². The summed E-state index contributed by atoms with van der Waals surface area (Å²) in [4.78, 5) is 12.2. The lowest BCUT2D eigenvalue weighted by atomic mass is 10.2. The van der Waals surface area contributed by atoms with Crippen molar-refractivity contribution in [2.24, 2.45) is 0 Å². The number of rotatable bonds is 5. The summed E-state index contributed by atoms with van der Waals surface area (Å²) >= 11 is 11.1. The first-order valence-corrected chi connectivity index (χ1v) is 6.98. The van der Waals surface area contributed by atoms with Crippen molar-refractivity contribution in [2.75, 3.05) is 19.0 Å². The number of hydrogen-bond acceptors (Lipinski definition) is 5. The third kappa shape index (κ3) is 4.51. The molecule has 0 bridgehead atoms. The minimum atomic E-state index is 0.271. The number of hydrogen-bond donors (Lipinski definition) is 2. The van der Waals surface area contributed by atoms with Gasteiger partial charge >= 0.3 is 0 Å². The summed E-state index contributed by atoms with van der Waals surface area (Å²) in [6.07, 6.45) is 5.46. The van der Waals surface area contributed by atoms with E-state index in [-0.39, 0.29) is 5.15 Å². The largest absolute Gasteiger partial charge is 0.495 e. The molecule has 0 radical (unpaired) electrons. The number of halogens is 1. The molecular weight excluding hydrogens is 310 g/mol. The molecule has 0 aliphatic rings. The molecule has 0 aliphatic heterocycles. The average molecular weight is 324 g/mol. The molecule has 0 fully saturated rings. The Morgan fingerprint density at radius 2 is 2.10 bits per heavy atom. The van der Waals surface area contributed by atoms with Crippen molar-refractivity contribution in [1.29, 1.82) is 0 Å². The van der Waals surface area contributed by atoms with E-state index in [1.807, 2.05) is 12.1 Å². The normalized spacial score (nSPS) is 10.0. The second kappa shape index (κ2) is 7.70. The Morgan fingerprint density at radius 1 is 1.29 bits per heavy atom. The number of thiocarbonyl (C=S) groups is 1. The van der Waals surface area contributed by atoms with E-state index in [9.17, 15) is 0 Å². The van der Waals surface area contributed by atoms with E-state index in [0.717, 1.165) is 11.4 Å². The van der Waals surface area contributed by atoms with Crippen molar-refractivity contribution < 1.29 is 4.74 Å². The zero-order valence-corrected chi connectivity index (χ0v) is 12.9. The van der Waals surface area contributed by atoms with Crippen LogP contribution >= 0.6 is 23.8 Å². The lowest BCUT2D eigenvalue weighted by molar-refractivity contribution is 0.406. The highest BCUT2D eigenvalue weighted by atomic mass is 35.5. The summed E-state index contributed by atoms with van der Waals surface area (Å²) in [5, 5.41) is 6.64. The number of aromatic nitrogens is 3. The van der Waals surface area contributed by atoms with Crippen LogP contribution in [-0.2, 0) is 6.42 Å². The maximum absolute atomic E-state index is 5.89. The molecule has 2 aromatic rings. The zero-order valence-electron chi connectivity index (χ0n) is 11.3. The van der Waals surface area contributed by atoms with Crippen LogP contribution in [0.2, 0.25) is 5.15 Å². The maximum atomic E-state index is 5.89. The van der Waals surface area contributed by atoms with Gasteiger partial charge in [-0.15, -0.1) is 0 Å². The van der Waals surface area contributed by atoms with Crippen LogP contribution in [0, 0.1) is 0 Å². The molecule has 0 unspecified atom stereocenters. The van der Waals surface area contributed by atoms with Crippen LogP contribution in [0.5, 0.6) is 5.75 Å². The van der Waals surface area contributed by atoms with Crippen molar-refractivity contribution in [3.8, 4) is 5.75 Å². The van der Waals surface area contributed by atoms with Crippen LogP contribution in [0.25, 0.3) is 0 Å². The second-order valence-corrected chi connectivity index (χ2v) is 4.75. The zero-order chi connectivity index (χ0) is 15.1. The molecule has 0 amide bonds. The standard InChI is InChI=1S/C13H14ClN5OS/c1-20-10-3-2-5-15-9(10)4-6-18-13(21)19-12-11(14)16-7-8-17-12/h2-3,5,7-8H,4,6H2,1H3,(H2,17,18,19,21). The average Bonchev–Trinajstić information content (AvgIpc) is 2.50. The highest BCUT2D eigenvalue weighted by Gasteiger charge is 2.06. The van der Waals surface area contributed by atoms with E-state index in [1.165, 1.54) is 12.4 Å². The van der Waals surface area contributed by atoms with Crippen LogP contribution in [0.3, 0.4) is 0 Å². The molecule has 110 valence electrons. The Balaban J connectivity index is 1.83. The van der Waals surface area contributed by atoms with Crippen LogP contribution in [0.15, 0.2) is 30.7 Å². The van der Waals surface area contributed by atoms with Crippen LogP contribution in [0.4, 0.5) is 5.82 Å². The van der Waals surface area contributed by atoms with Gasteiger partial charge in [0, 0.05) is 31.6 Å². The van der Waals surface area contributed by atoms with E-state index in [4.69, 9.17) is 28.6 Å². The van der Waals surface area contributed by atoms with E-state index in [2.05, 4.69) is 25.6 Å².